The first kappa shape index (κ1) is 17.5. The molecule has 2 aromatic rings. The summed E-state index contributed by atoms with van der Waals surface area (Å²) >= 11 is 0. The molecule has 3 atom stereocenters. The van der Waals surface area contributed by atoms with Gasteiger partial charge in [-0.15, -0.1) is 0 Å². The molecule has 2 aliphatic rings. The maximum absolute atomic E-state index is 12.9. The van der Waals surface area contributed by atoms with Gasteiger partial charge in [-0.2, -0.15) is 0 Å². The lowest BCUT2D eigenvalue weighted by Gasteiger charge is -2.39. The van der Waals surface area contributed by atoms with Gasteiger partial charge in [0.05, 0.1) is 15.8 Å². The van der Waals surface area contributed by atoms with Crippen molar-refractivity contribution in [1.82, 2.24) is 14.7 Å². The summed E-state index contributed by atoms with van der Waals surface area (Å²) in [5.41, 5.74) is -0.891. The van der Waals surface area contributed by atoms with E-state index in [-0.39, 0.29) is 27.2 Å². The molecular weight excluding hydrogens is 354 g/mol. The van der Waals surface area contributed by atoms with Crippen molar-refractivity contribution in [1.29, 1.82) is 0 Å². The van der Waals surface area contributed by atoms with E-state index in [9.17, 15) is 18.0 Å². The van der Waals surface area contributed by atoms with Gasteiger partial charge >= 0.3 is 5.69 Å². The van der Waals surface area contributed by atoms with Crippen LogP contribution in [0.2, 0.25) is 0 Å². The number of fused-ring (bicyclic) bond motifs is 3. The fourth-order valence-electron chi connectivity index (χ4n) is 4.95. The number of rotatable bonds is 3. The molecule has 26 heavy (non-hydrogen) atoms. The van der Waals surface area contributed by atoms with Crippen LogP contribution in [0.1, 0.15) is 40.0 Å². The molecule has 2 saturated carbocycles. The summed E-state index contributed by atoms with van der Waals surface area (Å²) in [6.07, 6.45) is 2.99. The van der Waals surface area contributed by atoms with Crippen LogP contribution in [0.5, 0.6) is 0 Å². The molecule has 140 valence electrons. The number of benzene rings is 1. The van der Waals surface area contributed by atoms with Crippen LogP contribution in [-0.2, 0) is 10.0 Å². The molecule has 2 aliphatic carbocycles. The predicted octanol–water partition coefficient (Wildman–Crippen LogP) is 1.71. The molecule has 0 aliphatic heterocycles. The van der Waals surface area contributed by atoms with E-state index < -0.39 is 21.3 Å². The lowest BCUT2D eigenvalue weighted by molar-refractivity contribution is 0.130. The van der Waals surface area contributed by atoms with Gasteiger partial charge in [0, 0.05) is 6.04 Å². The Morgan fingerprint density at radius 2 is 1.88 bits per heavy atom. The molecule has 3 N–H and O–H groups in total. The first-order valence-corrected chi connectivity index (χ1v) is 10.3. The lowest BCUT2D eigenvalue weighted by Crippen LogP contribution is -2.46. The summed E-state index contributed by atoms with van der Waals surface area (Å²) < 4.78 is 28.8. The Morgan fingerprint density at radius 3 is 2.50 bits per heavy atom. The predicted molar refractivity (Wildman–Crippen MR) is 98.5 cm³/mol. The third-order valence-corrected chi connectivity index (χ3v) is 8.58. The molecule has 1 aromatic heterocycles. The number of sulfonamides is 1. The van der Waals surface area contributed by atoms with Crippen molar-refractivity contribution in [2.24, 2.45) is 16.7 Å². The smallest absolute Gasteiger partial charge is 0.307 e. The third kappa shape index (κ3) is 2.31. The Balaban J connectivity index is 1.71. The van der Waals surface area contributed by atoms with Crippen molar-refractivity contribution in [3.8, 4) is 0 Å². The van der Waals surface area contributed by atoms with E-state index in [1.807, 2.05) is 0 Å². The highest BCUT2D eigenvalue weighted by molar-refractivity contribution is 7.89. The second-order valence-electron chi connectivity index (χ2n) is 8.40. The minimum absolute atomic E-state index is 0.0340. The van der Waals surface area contributed by atoms with Gasteiger partial charge in [-0.05, 0) is 54.2 Å². The molecule has 2 fully saturated rings. The molecule has 1 heterocycles. The van der Waals surface area contributed by atoms with Crippen LogP contribution in [0.15, 0.2) is 32.7 Å². The summed E-state index contributed by atoms with van der Waals surface area (Å²) in [4.78, 5) is 28.0. The third-order valence-electron chi connectivity index (χ3n) is 7.11. The molecule has 3 unspecified atom stereocenters. The second-order valence-corrected chi connectivity index (χ2v) is 10.1. The van der Waals surface area contributed by atoms with E-state index >= 15 is 0 Å². The highest BCUT2D eigenvalue weighted by Gasteiger charge is 2.61. The molecule has 0 spiro atoms. The second kappa shape index (κ2) is 5.29. The summed E-state index contributed by atoms with van der Waals surface area (Å²) in [6.45, 7) is 6.62. The van der Waals surface area contributed by atoms with Crippen LogP contribution in [-0.4, -0.2) is 24.4 Å². The van der Waals surface area contributed by atoms with Crippen molar-refractivity contribution >= 4 is 20.9 Å². The summed E-state index contributed by atoms with van der Waals surface area (Å²) in [5.74, 6) is 0.518. The SMILES string of the molecule is CC1(C)C2CCC1(C)C(NS(=O)(=O)c1ccc3[nH]c(=O)[nH]c(=O)c3c1)C2. The van der Waals surface area contributed by atoms with Gasteiger partial charge < -0.3 is 4.98 Å². The highest BCUT2D eigenvalue weighted by Crippen LogP contribution is 2.65. The van der Waals surface area contributed by atoms with Crippen LogP contribution >= 0.6 is 0 Å². The van der Waals surface area contributed by atoms with Crippen LogP contribution in [0, 0.1) is 16.7 Å². The van der Waals surface area contributed by atoms with Gasteiger partial charge in [0.25, 0.3) is 5.56 Å². The Bertz CT molecular complexity index is 1120. The van der Waals surface area contributed by atoms with Gasteiger partial charge in [-0.3, -0.25) is 9.78 Å². The average Bonchev–Trinajstić information content (AvgIpc) is 2.87. The molecule has 0 radical (unpaired) electrons. The number of aromatic nitrogens is 2. The average molecular weight is 377 g/mol. The van der Waals surface area contributed by atoms with Gasteiger partial charge in [0.2, 0.25) is 10.0 Å². The number of aromatic amines is 2. The van der Waals surface area contributed by atoms with Gasteiger partial charge in [0.1, 0.15) is 0 Å². The van der Waals surface area contributed by atoms with E-state index in [1.54, 1.807) is 0 Å². The monoisotopic (exact) mass is 377 g/mol. The van der Waals surface area contributed by atoms with Gasteiger partial charge in [-0.25, -0.2) is 17.9 Å². The number of hydrogen-bond donors (Lipinski definition) is 3. The van der Waals surface area contributed by atoms with Crippen molar-refractivity contribution in [3.05, 3.63) is 39.0 Å². The zero-order chi connectivity index (χ0) is 18.9. The Morgan fingerprint density at radius 1 is 1.15 bits per heavy atom. The van der Waals surface area contributed by atoms with E-state index in [0.717, 1.165) is 19.3 Å². The first-order chi connectivity index (χ1) is 12.0. The fourth-order valence-corrected chi connectivity index (χ4v) is 6.34. The van der Waals surface area contributed by atoms with Crippen LogP contribution in [0.3, 0.4) is 0 Å². The zero-order valence-electron chi connectivity index (χ0n) is 15.0. The van der Waals surface area contributed by atoms with Crippen LogP contribution in [0.4, 0.5) is 0 Å². The molecule has 0 saturated heterocycles. The quantitative estimate of drug-likeness (QED) is 0.756. The Hall–Kier alpha value is -1.93. The van der Waals surface area contributed by atoms with Crippen molar-refractivity contribution < 1.29 is 8.42 Å². The lowest BCUT2D eigenvalue weighted by atomic mass is 9.69. The van der Waals surface area contributed by atoms with Crippen molar-refractivity contribution in [3.63, 3.8) is 0 Å². The molecule has 8 heteroatoms. The van der Waals surface area contributed by atoms with Gasteiger partial charge in [0.15, 0.2) is 0 Å². The van der Waals surface area contributed by atoms with Crippen LogP contribution in [0.25, 0.3) is 10.9 Å². The Kier molecular flexibility index (Phi) is 3.56. The zero-order valence-corrected chi connectivity index (χ0v) is 15.9. The van der Waals surface area contributed by atoms with E-state index in [4.69, 9.17) is 0 Å². The molecule has 1 aromatic carbocycles. The number of hydrogen-bond acceptors (Lipinski definition) is 4. The topological polar surface area (TPSA) is 112 Å². The van der Waals surface area contributed by atoms with E-state index in [1.165, 1.54) is 18.2 Å². The van der Waals surface area contributed by atoms with E-state index in [0.29, 0.717) is 11.4 Å². The maximum atomic E-state index is 12.9. The minimum Gasteiger partial charge on any atom is -0.307 e. The highest BCUT2D eigenvalue weighted by atomic mass is 32.2. The first-order valence-electron chi connectivity index (χ1n) is 8.83. The number of H-pyrrole nitrogens is 2. The van der Waals surface area contributed by atoms with E-state index in [2.05, 4.69) is 35.5 Å². The standard InChI is InChI=1S/C18H23N3O4S/c1-17(2)10-6-7-18(17,3)14(8-10)21-26(24,25)11-4-5-13-12(9-11)15(22)20-16(23)19-13/h4-5,9-10,14,21H,6-8H2,1-3H3,(H2,19,20,22,23). The molecule has 2 bridgehead atoms. The summed E-state index contributed by atoms with van der Waals surface area (Å²) in [6, 6.07) is 4.06. The largest absolute Gasteiger partial charge is 0.326 e. The minimum atomic E-state index is -3.77. The molecule has 7 nitrogen and oxygen atoms in total. The maximum Gasteiger partial charge on any atom is 0.326 e. The van der Waals surface area contributed by atoms with Crippen LogP contribution < -0.4 is 16.0 Å². The summed E-state index contributed by atoms with van der Waals surface area (Å²) in [7, 11) is -3.77. The molecular formula is C18H23N3O4S. The fraction of sp³-hybridized carbons (Fsp3) is 0.556. The molecule has 0 amide bonds. The van der Waals surface area contributed by atoms with Crippen molar-refractivity contribution in [2.45, 2.75) is 51.0 Å². The normalized spacial score (nSPS) is 30.1. The Labute approximate surface area is 151 Å². The van der Waals surface area contributed by atoms with Gasteiger partial charge in [-0.1, -0.05) is 20.8 Å². The molecule has 4 rings (SSSR count). The summed E-state index contributed by atoms with van der Waals surface area (Å²) in [5, 5.41) is 0.145. The van der Waals surface area contributed by atoms with Crippen molar-refractivity contribution in [2.75, 3.05) is 0 Å². The number of nitrogens with one attached hydrogen (secondary N) is 3.